The number of nitrogens with one attached hydrogen (secondary N) is 1. The number of rotatable bonds is 5. The minimum atomic E-state index is 0.396. The number of aryl methyl sites for hydroxylation is 1. The number of terminal acetylenes is 1. The van der Waals surface area contributed by atoms with Crippen molar-refractivity contribution in [3.8, 4) is 12.3 Å². The van der Waals surface area contributed by atoms with Crippen LogP contribution in [0.25, 0.3) is 0 Å². The molecule has 0 saturated carbocycles. The maximum Gasteiger partial charge on any atom is 0.0331 e. The topological polar surface area (TPSA) is 12.0 Å². The normalized spacial score (nSPS) is 12.1. The Morgan fingerprint density at radius 1 is 1.40 bits per heavy atom. The Morgan fingerprint density at radius 2 is 2.13 bits per heavy atom. The Balaban J connectivity index is 2.79. The molecule has 1 aromatic carbocycles. The monoisotopic (exact) mass is 201 g/mol. The molecule has 1 atom stereocenters. The zero-order valence-electron chi connectivity index (χ0n) is 9.59. The predicted molar refractivity (Wildman–Crippen MR) is 65.7 cm³/mol. The van der Waals surface area contributed by atoms with Gasteiger partial charge in [0.25, 0.3) is 0 Å². The molecule has 1 heteroatoms. The molecule has 0 aromatic heterocycles. The van der Waals surface area contributed by atoms with Crippen molar-refractivity contribution >= 4 is 0 Å². The molecular formula is C14H19N. The molecule has 1 rings (SSSR count). The van der Waals surface area contributed by atoms with Crippen LogP contribution in [0.5, 0.6) is 0 Å². The maximum atomic E-state index is 5.31. The molecule has 1 unspecified atom stereocenters. The number of hydrogen-bond donors (Lipinski definition) is 1. The minimum absolute atomic E-state index is 0.396. The molecule has 0 bridgehead atoms. The summed E-state index contributed by atoms with van der Waals surface area (Å²) >= 11 is 0. The van der Waals surface area contributed by atoms with Gasteiger partial charge < -0.3 is 5.32 Å². The van der Waals surface area contributed by atoms with Crippen LogP contribution in [0.4, 0.5) is 0 Å². The average Bonchev–Trinajstić information content (AvgIpc) is 2.25. The molecule has 1 aromatic rings. The van der Waals surface area contributed by atoms with E-state index in [0.717, 1.165) is 19.4 Å². The van der Waals surface area contributed by atoms with Crippen LogP contribution < -0.4 is 5.32 Å². The van der Waals surface area contributed by atoms with Crippen molar-refractivity contribution in [2.24, 2.45) is 0 Å². The second-order valence-electron chi connectivity index (χ2n) is 3.71. The van der Waals surface area contributed by atoms with Gasteiger partial charge in [-0.3, -0.25) is 0 Å². The van der Waals surface area contributed by atoms with Crippen LogP contribution in [0.2, 0.25) is 0 Å². The van der Waals surface area contributed by atoms with Gasteiger partial charge in [0, 0.05) is 12.5 Å². The minimum Gasteiger partial charge on any atom is -0.310 e. The summed E-state index contributed by atoms with van der Waals surface area (Å²) in [4.78, 5) is 0. The summed E-state index contributed by atoms with van der Waals surface area (Å²) in [6, 6.07) is 8.88. The fraction of sp³-hybridized carbons (Fsp3) is 0.429. The van der Waals surface area contributed by atoms with Gasteiger partial charge in [-0.05, 0) is 31.0 Å². The zero-order chi connectivity index (χ0) is 11.1. The molecule has 0 radical (unpaired) electrons. The van der Waals surface area contributed by atoms with Crippen LogP contribution in [-0.4, -0.2) is 6.54 Å². The Bertz CT molecular complexity index is 335. The van der Waals surface area contributed by atoms with Gasteiger partial charge in [0.05, 0.1) is 0 Å². The fourth-order valence-electron chi connectivity index (χ4n) is 1.82. The van der Waals surface area contributed by atoms with Gasteiger partial charge in [0.2, 0.25) is 0 Å². The first-order chi connectivity index (χ1) is 7.29. The highest BCUT2D eigenvalue weighted by Crippen LogP contribution is 2.21. The van der Waals surface area contributed by atoms with E-state index in [1.807, 2.05) is 0 Å². The van der Waals surface area contributed by atoms with E-state index in [-0.39, 0.29) is 0 Å². The molecule has 0 heterocycles. The molecule has 0 spiro atoms. The summed E-state index contributed by atoms with van der Waals surface area (Å²) in [5.74, 6) is 2.71. The number of hydrogen-bond acceptors (Lipinski definition) is 1. The summed E-state index contributed by atoms with van der Waals surface area (Å²) in [5, 5.41) is 3.48. The molecule has 1 N–H and O–H groups in total. The van der Waals surface area contributed by atoms with E-state index in [0.29, 0.717) is 6.04 Å². The molecule has 15 heavy (non-hydrogen) atoms. The first-order valence-corrected chi connectivity index (χ1v) is 5.52. The van der Waals surface area contributed by atoms with Crippen LogP contribution in [0.15, 0.2) is 24.3 Å². The molecule has 0 aliphatic carbocycles. The van der Waals surface area contributed by atoms with Crippen molar-refractivity contribution in [3.05, 3.63) is 35.4 Å². The highest BCUT2D eigenvalue weighted by molar-refractivity contribution is 5.28. The predicted octanol–water partition coefficient (Wildman–Crippen LogP) is 3.06. The summed E-state index contributed by atoms with van der Waals surface area (Å²) in [7, 11) is 0. The van der Waals surface area contributed by atoms with Crippen LogP contribution in [-0.2, 0) is 0 Å². The van der Waals surface area contributed by atoms with Gasteiger partial charge >= 0.3 is 0 Å². The van der Waals surface area contributed by atoms with Crippen molar-refractivity contribution < 1.29 is 0 Å². The van der Waals surface area contributed by atoms with E-state index in [9.17, 15) is 0 Å². The molecule has 0 aliphatic heterocycles. The summed E-state index contributed by atoms with van der Waals surface area (Å²) < 4.78 is 0. The quantitative estimate of drug-likeness (QED) is 0.722. The van der Waals surface area contributed by atoms with E-state index in [2.05, 4.69) is 49.4 Å². The average molecular weight is 201 g/mol. The summed E-state index contributed by atoms with van der Waals surface area (Å²) in [6.45, 7) is 5.25. The van der Waals surface area contributed by atoms with Crippen molar-refractivity contribution in [2.45, 2.75) is 32.7 Å². The van der Waals surface area contributed by atoms with Crippen molar-refractivity contribution in [2.75, 3.05) is 6.54 Å². The van der Waals surface area contributed by atoms with Gasteiger partial charge in [0.1, 0.15) is 0 Å². The third-order valence-electron chi connectivity index (χ3n) is 2.59. The Labute approximate surface area is 92.9 Å². The first-order valence-electron chi connectivity index (χ1n) is 5.52. The summed E-state index contributed by atoms with van der Waals surface area (Å²) in [6.07, 6.45) is 7.15. The molecule has 0 aliphatic rings. The smallest absolute Gasteiger partial charge is 0.0331 e. The molecule has 0 amide bonds. The maximum absolute atomic E-state index is 5.31. The Morgan fingerprint density at radius 3 is 2.73 bits per heavy atom. The van der Waals surface area contributed by atoms with E-state index >= 15 is 0 Å². The van der Waals surface area contributed by atoms with Crippen molar-refractivity contribution in [1.82, 2.24) is 5.32 Å². The zero-order valence-corrected chi connectivity index (χ0v) is 9.59. The third kappa shape index (κ3) is 3.42. The van der Waals surface area contributed by atoms with E-state index < -0.39 is 0 Å². The second kappa shape index (κ2) is 6.27. The summed E-state index contributed by atoms with van der Waals surface area (Å²) in [5.41, 5.74) is 2.70. The van der Waals surface area contributed by atoms with Gasteiger partial charge in [-0.2, -0.15) is 0 Å². The second-order valence-corrected chi connectivity index (χ2v) is 3.71. The highest BCUT2D eigenvalue weighted by atomic mass is 14.9. The van der Waals surface area contributed by atoms with E-state index in [1.54, 1.807) is 0 Å². The van der Waals surface area contributed by atoms with Crippen molar-refractivity contribution in [3.63, 3.8) is 0 Å². The lowest BCUT2D eigenvalue weighted by Gasteiger charge is -2.19. The first kappa shape index (κ1) is 11.8. The molecule has 0 saturated heterocycles. The molecular weight excluding hydrogens is 182 g/mol. The van der Waals surface area contributed by atoms with Gasteiger partial charge in [-0.1, -0.05) is 31.2 Å². The molecule has 0 fully saturated rings. The molecule has 80 valence electrons. The highest BCUT2D eigenvalue weighted by Gasteiger charge is 2.10. The van der Waals surface area contributed by atoms with Crippen LogP contribution in [0.1, 0.15) is 36.9 Å². The van der Waals surface area contributed by atoms with Crippen LogP contribution >= 0.6 is 0 Å². The Hall–Kier alpha value is -1.26. The van der Waals surface area contributed by atoms with Gasteiger partial charge in [-0.25, -0.2) is 0 Å². The third-order valence-corrected chi connectivity index (χ3v) is 2.59. The van der Waals surface area contributed by atoms with Gasteiger partial charge in [-0.15, -0.1) is 12.3 Å². The largest absolute Gasteiger partial charge is 0.310 e. The van der Waals surface area contributed by atoms with Crippen molar-refractivity contribution in [1.29, 1.82) is 0 Å². The van der Waals surface area contributed by atoms with Crippen LogP contribution in [0, 0.1) is 19.3 Å². The lowest BCUT2D eigenvalue weighted by molar-refractivity contribution is 0.520. The lowest BCUT2D eigenvalue weighted by Crippen LogP contribution is -2.21. The Kier molecular flexibility index (Phi) is 4.93. The SMILES string of the molecule is C#CCCC(NCC)c1ccccc1C. The van der Waals surface area contributed by atoms with Crippen LogP contribution in [0.3, 0.4) is 0 Å². The fourth-order valence-corrected chi connectivity index (χ4v) is 1.82. The van der Waals surface area contributed by atoms with Gasteiger partial charge in [0.15, 0.2) is 0 Å². The standard InChI is InChI=1S/C14H19N/c1-4-6-11-14(15-5-2)13-10-8-7-9-12(13)3/h1,7-10,14-15H,5-6,11H2,2-3H3. The van der Waals surface area contributed by atoms with E-state index in [1.165, 1.54) is 11.1 Å². The van der Waals surface area contributed by atoms with E-state index in [4.69, 9.17) is 6.42 Å². The molecule has 1 nitrogen and oxygen atoms in total. The number of benzene rings is 1. The lowest BCUT2D eigenvalue weighted by atomic mass is 9.97.